The number of benzene rings is 2. The van der Waals surface area contributed by atoms with E-state index in [4.69, 9.17) is 0 Å². The fraction of sp³-hybridized carbons (Fsp3) is 0.333. The van der Waals surface area contributed by atoms with Gasteiger partial charge in [0.2, 0.25) is 15.9 Å². The lowest BCUT2D eigenvalue weighted by Crippen LogP contribution is -2.41. The van der Waals surface area contributed by atoms with E-state index in [9.17, 15) is 13.2 Å². The maximum Gasteiger partial charge on any atom is 0.243 e. The SMILES string of the molecule is CSc1cccc2sc(NC(=O)C3CCN(S(=O)(=O)c4ccc(C)cc4)CC3)nc12. The first-order valence-electron chi connectivity index (χ1n) is 9.70. The van der Waals surface area contributed by atoms with E-state index in [1.165, 1.54) is 15.6 Å². The van der Waals surface area contributed by atoms with E-state index in [-0.39, 0.29) is 11.8 Å². The van der Waals surface area contributed by atoms with Crippen molar-refractivity contribution in [1.82, 2.24) is 9.29 Å². The van der Waals surface area contributed by atoms with Crippen molar-refractivity contribution in [2.24, 2.45) is 5.92 Å². The molecule has 0 radical (unpaired) electrons. The average molecular weight is 462 g/mol. The number of thioether (sulfide) groups is 1. The molecule has 158 valence electrons. The number of rotatable bonds is 5. The molecule has 2 heterocycles. The van der Waals surface area contributed by atoms with Crippen molar-refractivity contribution < 1.29 is 13.2 Å². The molecular formula is C21H23N3O3S3. The summed E-state index contributed by atoms with van der Waals surface area (Å²) >= 11 is 3.09. The largest absolute Gasteiger partial charge is 0.302 e. The number of thiazole rings is 1. The van der Waals surface area contributed by atoms with Gasteiger partial charge in [0.15, 0.2) is 5.13 Å². The molecule has 9 heteroatoms. The van der Waals surface area contributed by atoms with Crippen LogP contribution in [0.2, 0.25) is 0 Å². The van der Waals surface area contributed by atoms with Crippen molar-refractivity contribution in [3.63, 3.8) is 0 Å². The van der Waals surface area contributed by atoms with Crippen LogP contribution in [0.15, 0.2) is 52.3 Å². The summed E-state index contributed by atoms with van der Waals surface area (Å²) in [6, 6.07) is 12.9. The number of carbonyl (C=O) groups excluding carboxylic acids is 1. The molecule has 0 saturated carbocycles. The molecule has 1 aliphatic heterocycles. The van der Waals surface area contributed by atoms with Crippen LogP contribution in [0.5, 0.6) is 0 Å². The van der Waals surface area contributed by atoms with Gasteiger partial charge in [0.25, 0.3) is 0 Å². The summed E-state index contributed by atoms with van der Waals surface area (Å²) in [6.07, 6.45) is 3.00. The second kappa shape index (κ2) is 8.66. The molecule has 3 aromatic rings. The molecule has 0 spiro atoms. The number of fused-ring (bicyclic) bond motifs is 1. The van der Waals surface area contributed by atoms with Crippen LogP contribution in [0, 0.1) is 12.8 Å². The molecule has 30 heavy (non-hydrogen) atoms. The lowest BCUT2D eigenvalue weighted by Gasteiger charge is -2.30. The van der Waals surface area contributed by atoms with Gasteiger partial charge in [-0.05, 0) is 50.3 Å². The number of aromatic nitrogens is 1. The van der Waals surface area contributed by atoms with Crippen molar-refractivity contribution >= 4 is 54.4 Å². The van der Waals surface area contributed by atoms with Crippen molar-refractivity contribution in [2.75, 3.05) is 24.7 Å². The summed E-state index contributed by atoms with van der Waals surface area (Å²) in [5.41, 5.74) is 1.92. The number of para-hydroxylation sites is 1. The van der Waals surface area contributed by atoms with Crippen LogP contribution in [0.1, 0.15) is 18.4 Å². The normalized spacial score (nSPS) is 16.1. The molecule has 1 N–H and O–H groups in total. The summed E-state index contributed by atoms with van der Waals surface area (Å²) in [7, 11) is -3.52. The smallest absolute Gasteiger partial charge is 0.243 e. The monoisotopic (exact) mass is 461 g/mol. The zero-order chi connectivity index (χ0) is 21.3. The third kappa shape index (κ3) is 4.25. The Kier molecular flexibility index (Phi) is 6.15. The second-order valence-electron chi connectivity index (χ2n) is 7.31. The van der Waals surface area contributed by atoms with Gasteiger partial charge >= 0.3 is 0 Å². The van der Waals surface area contributed by atoms with Crippen LogP contribution >= 0.6 is 23.1 Å². The molecule has 0 unspecified atom stereocenters. The lowest BCUT2D eigenvalue weighted by molar-refractivity contribution is -0.120. The predicted molar refractivity (Wildman–Crippen MR) is 123 cm³/mol. The van der Waals surface area contributed by atoms with Crippen molar-refractivity contribution in [2.45, 2.75) is 29.6 Å². The number of hydrogen-bond acceptors (Lipinski definition) is 6. The molecule has 1 fully saturated rings. The molecule has 2 aromatic carbocycles. The van der Waals surface area contributed by atoms with Crippen LogP contribution in [0.3, 0.4) is 0 Å². The quantitative estimate of drug-likeness (QED) is 0.571. The van der Waals surface area contributed by atoms with Crippen LogP contribution < -0.4 is 5.32 Å². The van der Waals surface area contributed by atoms with E-state index in [0.29, 0.717) is 36.0 Å². The Morgan fingerprint density at radius 2 is 1.87 bits per heavy atom. The Labute approximate surface area is 184 Å². The fourth-order valence-corrected chi connectivity index (χ4v) is 6.56. The van der Waals surface area contributed by atoms with Crippen molar-refractivity contribution in [1.29, 1.82) is 0 Å². The van der Waals surface area contributed by atoms with E-state index in [0.717, 1.165) is 20.7 Å². The number of aryl methyl sites for hydroxylation is 1. The highest BCUT2D eigenvalue weighted by Gasteiger charge is 2.32. The topological polar surface area (TPSA) is 79.4 Å². The van der Waals surface area contributed by atoms with Gasteiger partial charge in [-0.2, -0.15) is 4.31 Å². The number of nitrogens with one attached hydrogen (secondary N) is 1. The third-order valence-corrected chi connectivity index (χ3v) is 8.93. The third-order valence-electron chi connectivity index (χ3n) is 5.32. The molecule has 0 bridgehead atoms. The first kappa shape index (κ1) is 21.3. The number of nitrogens with zero attached hydrogens (tertiary/aromatic N) is 2. The summed E-state index contributed by atoms with van der Waals surface area (Å²) in [6.45, 7) is 2.60. The Hall–Kier alpha value is -1.94. The van der Waals surface area contributed by atoms with E-state index < -0.39 is 10.0 Å². The maximum absolute atomic E-state index is 12.8. The minimum Gasteiger partial charge on any atom is -0.302 e. The molecule has 6 nitrogen and oxygen atoms in total. The summed E-state index contributed by atoms with van der Waals surface area (Å²) in [5.74, 6) is -0.311. The first-order chi connectivity index (χ1) is 14.4. The minimum absolute atomic E-state index is 0.0906. The summed E-state index contributed by atoms with van der Waals surface area (Å²) in [5, 5.41) is 3.52. The van der Waals surface area contributed by atoms with E-state index in [1.54, 1.807) is 36.0 Å². The Bertz CT molecular complexity index is 1170. The zero-order valence-electron chi connectivity index (χ0n) is 16.8. The van der Waals surface area contributed by atoms with Gasteiger partial charge < -0.3 is 5.32 Å². The average Bonchev–Trinajstić information content (AvgIpc) is 3.16. The highest BCUT2D eigenvalue weighted by atomic mass is 32.2. The predicted octanol–water partition coefficient (Wildman–Crippen LogP) is 4.37. The maximum atomic E-state index is 12.8. The Balaban J connectivity index is 1.40. The molecule has 0 aliphatic carbocycles. The molecule has 1 aliphatic rings. The van der Waals surface area contributed by atoms with Crippen LogP contribution in [-0.2, 0) is 14.8 Å². The van der Waals surface area contributed by atoms with Gasteiger partial charge in [-0.1, -0.05) is 35.1 Å². The molecule has 1 aromatic heterocycles. The summed E-state index contributed by atoms with van der Waals surface area (Å²) < 4.78 is 28.2. The van der Waals surface area contributed by atoms with Crippen molar-refractivity contribution in [3.05, 3.63) is 48.0 Å². The van der Waals surface area contributed by atoms with E-state index in [1.807, 2.05) is 31.4 Å². The number of amides is 1. The number of hydrogen-bond donors (Lipinski definition) is 1. The van der Waals surface area contributed by atoms with Crippen LogP contribution in [-0.4, -0.2) is 43.0 Å². The fourth-order valence-electron chi connectivity index (χ4n) is 3.57. The van der Waals surface area contributed by atoms with E-state index >= 15 is 0 Å². The number of piperidine rings is 1. The number of carbonyl (C=O) groups is 1. The van der Waals surface area contributed by atoms with Crippen LogP contribution in [0.4, 0.5) is 5.13 Å². The van der Waals surface area contributed by atoms with Gasteiger partial charge in [0, 0.05) is 23.9 Å². The lowest BCUT2D eigenvalue weighted by atomic mass is 9.97. The number of anilines is 1. The van der Waals surface area contributed by atoms with E-state index in [2.05, 4.69) is 10.3 Å². The molecular weight excluding hydrogens is 438 g/mol. The Morgan fingerprint density at radius 1 is 1.17 bits per heavy atom. The molecule has 0 atom stereocenters. The van der Waals surface area contributed by atoms with Gasteiger partial charge in [0.1, 0.15) is 0 Å². The van der Waals surface area contributed by atoms with Gasteiger partial charge in [-0.15, -0.1) is 11.8 Å². The minimum atomic E-state index is -3.52. The highest BCUT2D eigenvalue weighted by Crippen LogP contribution is 2.33. The first-order valence-corrected chi connectivity index (χ1v) is 13.2. The molecule has 1 amide bonds. The zero-order valence-corrected chi connectivity index (χ0v) is 19.2. The number of sulfonamides is 1. The van der Waals surface area contributed by atoms with Crippen molar-refractivity contribution in [3.8, 4) is 0 Å². The highest BCUT2D eigenvalue weighted by molar-refractivity contribution is 7.98. The van der Waals surface area contributed by atoms with Gasteiger partial charge in [-0.25, -0.2) is 13.4 Å². The van der Waals surface area contributed by atoms with Crippen LogP contribution in [0.25, 0.3) is 10.2 Å². The molecule has 1 saturated heterocycles. The van der Waals surface area contributed by atoms with Gasteiger partial charge in [-0.3, -0.25) is 4.79 Å². The van der Waals surface area contributed by atoms with Gasteiger partial charge in [0.05, 0.1) is 15.1 Å². The Morgan fingerprint density at radius 3 is 2.53 bits per heavy atom. The standard InChI is InChI=1S/C21H23N3O3S3/c1-14-6-8-16(9-7-14)30(26,27)24-12-10-15(11-13-24)20(25)23-21-22-19-17(28-2)4-3-5-18(19)29-21/h3-9,15H,10-13H2,1-2H3,(H,22,23,25). The summed E-state index contributed by atoms with van der Waals surface area (Å²) in [4.78, 5) is 18.7. The molecule has 4 rings (SSSR count). The second-order valence-corrected chi connectivity index (χ2v) is 11.1.